The van der Waals surface area contributed by atoms with Crippen molar-refractivity contribution in [1.29, 1.82) is 0 Å². The Hall–Kier alpha value is -0.160. The Morgan fingerprint density at radius 1 is 1.29 bits per heavy atom. The number of nitrogens with zero attached hydrogens (tertiary/aromatic N) is 1. The fourth-order valence-electron chi connectivity index (χ4n) is 2.91. The van der Waals surface area contributed by atoms with Gasteiger partial charge < -0.3 is 5.32 Å². The molecule has 21 heavy (non-hydrogen) atoms. The normalized spacial score (nSPS) is 17.6. The van der Waals surface area contributed by atoms with Gasteiger partial charge in [0.15, 0.2) is 0 Å². The van der Waals surface area contributed by atoms with Crippen molar-refractivity contribution in [2.45, 2.75) is 33.2 Å². The summed E-state index contributed by atoms with van der Waals surface area (Å²) in [5.41, 5.74) is 1.56. The van der Waals surface area contributed by atoms with Gasteiger partial charge in [0.25, 0.3) is 0 Å². The predicted molar refractivity (Wildman–Crippen MR) is 92.7 cm³/mol. The van der Waals surface area contributed by atoms with E-state index in [1.807, 2.05) is 19.1 Å². The van der Waals surface area contributed by atoms with Crippen LogP contribution in [0.5, 0.6) is 0 Å². The smallest absolute Gasteiger partial charge is 0.130 e. The van der Waals surface area contributed by atoms with Gasteiger partial charge in [-0.15, -0.1) is 12.4 Å². The first kappa shape index (κ1) is 18.9. The third-order valence-electron chi connectivity index (χ3n) is 3.89. The fraction of sp³-hybridized carbons (Fsp3) is 0.625. The highest BCUT2D eigenvalue weighted by Crippen LogP contribution is 2.33. The first-order chi connectivity index (χ1) is 9.49. The minimum absolute atomic E-state index is 0. The van der Waals surface area contributed by atoms with E-state index in [1.54, 1.807) is 0 Å². The molecule has 0 bridgehead atoms. The van der Waals surface area contributed by atoms with Gasteiger partial charge in [0.2, 0.25) is 0 Å². The van der Waals surface area contributed by atoms with Gasteiger partial charge in [0, 0.05) is 42.3 Å². The molecule has 0 unspecified atom stereocenters. The summed E-state index contributed by atoms with van der Waals surface area (Å²) in [5, 5.41) is 3.37. The maximum atomic E-state index is 14.6. The van der Waals surface area contributed by atoms with Crippen molar-refractivity contribution < 1.29 is 4.39 Å². The van der Waals surface area contributed by atoms with E-state index in [0.717, 1.165) is 48.2 Å². The van der Waals surface area contributed by atoms with Crippen LogP contribution < -0.4 is 5.32 Å². The third kappa shape index (κ3) is 4.92. The summed E-state index contributed by atoms with van der Waals surface area (Å²) in [4.78, 5) is 2.42. The number of hydrogen-bond donors (Lipinski definition) is 1. The largest absolute Gasteiger partial charge is 0.314 e. The summed E-state index contributed by atoms with van der Waals surface area (Å²) in [6, 6.07) is 3.98. The van der Waals surface area contributed by atoms with E-state index in [0.29, 0.717) is 5.92 Å². The average Bonchev–Trinajstić information content (AvgIpc) is 2.41. The van der Waals surface area contributed by atoms with Crippen molar-refractivity contribution >= 4 is 28.3 Å². The van der Waals surface area contributed by atoms with Crippen molar-refractivity contribution in [3.8, 4) is 0 Å². The Balaban J connectivity index is 0.00000220. The zero-order chi connectivity index (χ0) is 14.7. The molecular weight excluding hydrogens is 355 g/mol. The van der Waals surface area contributed by atoms with Crippen molar-refractivity contribution in [2.75, 3.05) is 26.2 Å². The molecule has 0 aromatic heterocycles. The van der Waals surface area contributed by atoms with Crippen LogP contribution in [-0.2, 0) is 0 Å². The molecule has 2 rings (SSSR count). The van der Waals surface area contributed by atoms with E-state index in [2.05, 4.69) is 40.0 Å². The fourth-order valence-corrected chi connectivity index (χ4v) is 3.50. The minimum Gasteiger partial charge on any atom is -0.314 e. The topological polar surface area (TPSA) is 15.3 Å². The van der Waals surface area contributed by atoms with Crippen molar-refractivity contribution in [1.82, 2.24) is 10.2 Å². The molecule has 0 saturated carbocycles. The maximum Gasteiger partial charge on any atom is 0.130 e. The zero-order valence-corrected chi connectivity index (χ0v) is 15.4. The Morgan fingerprint density at radius 3 is 2.48 bits per heavy atom. The quantitative estimate of drug-likeness (QED) is 0.838. The van der Waals surface area contributed by atoms with Gasteiger partial charge in [-0.1, -0.05) is 29.8 Å². The van der Waals surface area contributed by atoms with E-state index in [9.17, 15) is 4.39 Å². The number of hydrogen-bond acceptors (Lipinski definition) is 2. The lowest BCUT2D eigenvalue weighted by atomic mass is 9.93. The van der Waals surface area contributed by atoms with E-state index in [1.165, 1.54) is 0 Å². The highest BCUT2D eigenvalue weighted by atomic mass is 79.9. The second-order valence-electron chi connectivity index (χ2n) is 6.06. The zero-order valence-electron chi connectivity index (χ0n) is 13.0. The lowest BCUT2D eigenvalue weighted by Crippen LogP contribution is -2.45. The minimum atomic E-state index is -0.0441. The Labute approximate surface area is 142 Å². The third-order valence-corrected chi connectivity index (χ3v) is 4.35. The maximum absolute atomic E-state index is 14.6. The van der Waals surface area contributed by atoms with Crippen LogP contribution in [0.25, 0.3) is 0 Å². The van der Waals surface area contributed by atoms with Gasteiger partial charge in [-0.25, -0.2) is 4.39 Å². The summed E-state index contributed by atoms with van der Waals surface area (Å²) in [5.74, 6) is 0.506. The number of nitrogens with one attached hydrogen (secondary N) is 1. The van der Waals surface area contributed by atoms with Crippen LogP contribution in [0.4, 0.5) is 4.39 Å². The average molecular weight is 380 g/mol. The molecule has 5 heteroatoms. The van der Waals surface area contributed by atoms with Crippen LogP contribution >= 0.6 is 28.3 Å². The standard InChI is InChI=1S/C16H24BrFN2.ClH/c1-11(2)8-15(20-6-4-19-5-7-20)14-10-13(17)9-12(3)16(14)18;/h9-11,15,19H,4-8H2,1-3H3;1H/t15-;/m0./s1. The van der Waals surface area contributed by atoms with Crippen LogP contribution in [-0.4, -0.2) is 31.1 Å². The van der Waals surface area contributed by atoms with E-state index >= 15 is 0 Å². The van der Waals surface area contributed by atoms with E-state index < -0.39 is 0 Å². The molecule has 1 aliphatic heterocycles. The number of halogens is 3. The SMILES string of the molecule is Cc1cc(Br)cc([C@H](CC(C)C)N2CCNCC2)c1F.Cl. The molecule has 1 aliphatic rings. The van der Waals surface area contributed by atoms with Gasteiger partial charge >= 0.3 is 0 Å². The Kier molecular flexibility index (Phi) is 7.62. The Bertz CT molecular complexity index is 462. The molecule has 1 fully saturated rings. The van der Waals surface area contributed by atoms with Gasteiger partial charge in [-0.05, 0) is 37.0 Å². The number of benzene rings is 1. The van der Waals surface area contributed by atoms with Gasteiger partial charge in [-0.2, -0.15) is 0 Å². The molecule has 0 spiro atoms. The van der Waals surface area contributed by atoms with Gasteiger partial charge in [-0.3, -0.25) is 4.90 Å². The molecule has 0 radical (unpaired) electrons. The molecule has 120 valence electrons. The second kappa shape index (κ2) is 8.47. The molecule has 1 atom stereocenters. The van der Waals surface area contributed by atoms with Gasteiger partial charge in [0.05, 0.1) is 0 Å². The van der Waals surface area contributed by atoms with Crippen molar-refractivity contribution in [2.24, 2.45) is 5.92 Å². The summed E-state index contributed by atoms with van der Waals surface area (Å²) >= 11 is 3.51. The molecule has 1 aromatic rings. The molecule has 2 nitrogen and oxygen atoms in total. The molecular formula is C16H25BrClFN2. The van der Waals surface area contributed by atoms with Crippen LogP contribution in [0.2, 0.25) is 0 Å². The first-order valence-electron chi connectivity index (χ1n) is 7.39. The Morgan fingerprint density at radius 2 is 1.90 bits per heavy atom. The molecule has 0 aliphatic carbocycles. The van der Waals surface area contributed by atoms with Crippen LogP contribution in [0.15, 0.2) is 16.6 Å². The first-order valence-corrected chi connectivity index (χ1v) is 8.18. The van der Waals surface area contributed by atoms with Crippen LogP contribution in [0.1, 0.15) is 37.4 Å². The van der Waals surface area contributed by atoms with Crippen LogP contribution in [0, 0.1) is 18.7 Å². The van der Waals surface area contributed by atoms with Crippen LogP contribution in [0.3, 0.4) is 0 Å². The van der Waals surface area contributed by atoms with Gasteiger partial charge in [0.1, 0.15) is 5.82 Å². The molecule has 0 amide bonds. The van der Waals surface area contributed by atoms with E-state index in [4.69, 9.17) is 0 Å². The van der Waals surface area contributed by atoms with Crippen molar-refractivity contribution in [3.05, 3.63) is 33.5 Å². The molecule has 1 heterocycles. The summed E-state index contributed by atoms with van der Waals surface area (Å²) < 4.78 is 15.5. The number of piperazine rings is 1. The predicted octanol–water partition coefficient (Wildman–Crippen LogP) is 4.31. The molecule has 1 aromatic carbocycles. The molecule has 1 N–H and O–H groups in total. The lowest BCUT2D eigenvalue weighted by Gasteiger charge is -2.36. The number of aryl methyl sites for hydroxylation is 1. The van der Waals surface area contributed by atoms with E-state index in [-0.39, 0.29) is 24.3 Å². The second-order valence-corrected chi connectivity index (χ2v) is 6.97. The molecule has 1 saturated heterocycles. The highest BCUT2D eigenvalue weighted by molar-refractivity contribution is 9.10. The summed E-state index contributed by atoms with van der Waals surface area (Å²) in [6.07, 6.45) is 0.993. The lowest BCUT2D eigenvalue weighted by molar-refractivity contribution is 0.151. The monoisotopic (exact) mass is 378 g/mol. The summed E-state index contributed by atoms with van der Waals surface area (Å²) in [7, 11) is 0. The highest BCUT2D eigenvalue weighted by Gasteiger charge is 2.26. The summed E-state index contributed by atoms with van der Waals surface area (Å²) in [6.45, 7) is 10.2. The number of rotatable bonds is 4. The van der Waals surface area contributed by atoms with Crippen molar-refractivity contribution in [3.63, 3.8) is 0 Å².